The van der Waals surface area contributed by atoms with Gasteiger partial charge in [-0.3, -0.25) is 14.5 Å². The van der Waals surface area contributed by atoms with Gasteiger partial charge in [0.25, 0.3) is 11.7 Å². The second-order valence-corrected chi connectivity index (χ2v) is 9.57. The molecular weight excluding hydrogens is 466 g/mol. The van der Waals surface area contributed by atoms with Gasteiger partial charge in [0.15, 0.2) is 0 Å². The van der Waals surface area contributed by atoms with Crippen molar-refractivity contribution < 1.29 is 24.2 Å². The quantitative estimate of drug-likeness (QED) is 0.229. The van der Waals surface area contributed by atoms with Crippen molar-refractivity contribution in [1.82, 2.24) is 0 Å². The Morgan fingerprint density at radius 3 is 2.22 bits per heavy atom. The zero-order valence-electron chi connectivity index (χ0n) is 22.2. The van der Waals surface area contributed by atoms with Crippen molar-refractivity contribution in [2.24, 2.45) is 0 Å². The third kappa shape index (κ3) is 4.84. The second kappa shape index (κ2) is 10.5. The van der Waals surface area contributed by atoms with Gasteiger partial charge in [0, 0.05) is 11.3 Å². The molecule has 1 N–H and O–H groups in total. The van der Waals surface area contributed by atoms with E-state index in [1.807, 2.05) is 95.3 Å². The Morgan fingerprint density at radius 1 is 1.00 bits per heavy atom. The van der Waals surface area contributed by atoms with Gasteiger partial charge < -0.3 is 14.6 Å². The number of anilines is 1. The molecule has 4 rings (SSSR count). The zero-order valence-corrected chi connectivity index (χ0v) is 22.2. The summed E-state index contributed by atoms with van der Waals surface area (Å²) in [6.07, 6.45) is 0. The summed E-state index contributed by atoms with van der Waals surface area (Å²) in [4.78, 5) is 28.4. The number of nitrogens with zero attached hydrogens (tertiary/aromatic N) is 1. The molecule has 0 radical (unpaired) electrons. The third-order valence-corrected chi connectivity index (χ3v) is 6.72. The second-order valence-electron chi connectivity index (χ2n) is 9.57. The van der Waals surface area contributed by atoms with Crippen molar-refractivity contribution in [2.75, 3.05) is 18.6 Å². The smallest absolute Gasteiger partial charge is 0.300 e. The fraction of sp³-hybridized carbons (Fsp3) is 0.290. The molecule has 6 nitrogen and oxygen atoms in total. The predicted molar refractivity (Wildman–Crippen MR) is 145 cm³/mol. The van der Waals surface area contributed by atoms with E-state index in [2.05, 4.69) is 0 Å². The molecule has 1 saturated heterocycles. The lowest BCUT2D eigenvalue weighted by atomic mass is 9.91. The number of aliphatic hydroxyl groups is 1. The van der Waals surface area contributed by atoms with Crippen LogP contribution in [0.1, 0.15) is 60.5 Å². The topological polar surface area (TPSA) is 76.1 Å². The molecule has 1 aliphatic rings. The molecule has 1 amide bonds. The van der Waals surface area contributed by atoms with E-state index in [1.165, 1.54) is 4.90 Å². The number of hydrogen-bond donors (Lipinski definition) is 1. The largest absolute Gasteiger partial charge is 0.507 e. The number of carbonyl (C=O) groups is 2. The van der Waals surface area contributed by atoms with E-state index in [0.29, 0.717) is 34.9 Å². The third-order valence-electron chi connectivity index (χ3n) is 6.72. The fourth-order valence-corrected chi connectivity index (χ4v) is 4.76. The van der Waals surface area contributed by atoms with Crippen LogP contribution >= 0.6 is 0 Å². The van der Waals surface area contributed by atoms with Gasteiger partial charge in [0.1, 0.15) is 17.3 Å². The number of ketones is 1. The first-order valence-electron chi connectivity index (χ1n) is 12.5. The van der Waals surface area contributed by atoms with Crippen LogP contribution in [0, 0.1) is 13.8 Å². The number of amides is 1. The first-order valence-corrected chi connectivity index (χ1v) is 12.5. The summed E-state index contributed by atoms with van der Waals surface area (Å²) < 4.78 is 11.1. The van der Waals surface area contributed by atoms with Crippen LogP contribution in [0.25, 0.3) is 5.76 Å². The lowest BCUT2D eigenvalue weighted by Gasteiger charge is -2.26. The van der Waals surface area contributed by atoms with Gasteiger partial charge in [-0.25, -0.2) is 0 Å². The molecule has 1 atom stereocenters. The molecule has 6 heteroatoms. The monoisotopic (exact) mass is 499 g/mol. The summed E-state index contributed by atoms with van der Waals surface area (Å²) in [5.74, 6) is -0.0796. The van der Waals surface area contributed by atoms with Gasteiger partial charge in [-0.2, -0.15) is 0 Å². The van der Waals surface area contributed by atoms with Crippen molar-refractivity contribution in [3.8, 4) is 11.5 Å². The maximum absolute atomic E-state index is 13.5. The molecule has 0 aliphatic carbocycles. The van der Waals surface area contributed by atoms with Crippen LogP contribution in [0.3, 0.4) is 0 Å². The number of methoxy groups -OCH3 is 1. The van der Waals surface area contributed by atoms with Crippen molar-refractivity contribution in [3.63, 3.8) is 0 Å². The van der Waals surface area contributed by atoms with Crippen LogP contribution in [0.15, 0.2) is 66.2 Å². The number of Topliss-reactive ketones (excluding diaryl/α,β-unsaturated/α-hetero) is 1. The number of hydrogen-bond acceptors (Lipinski definition) is 5. The number of benzene rings is 3. The Morgan fingerprint density at radius 2 is 1.65 bits per heavy atom. The highest BCUT2D eigenvalue weighted by atomic mass is 16.5. The molecule has 3 aromatic carbocycles. The van der Waals surface area contributed by atoms with Crippen LogP contribution in [0.2, 0.25) is 0 Å². The summed E-state index contributed by atoms with van der Waals surface area (Å²) >= 11 is 0. The summed E-state index contributed by atoms with van der Waals surface area (Å²) in [5.41, 5.74) is 4.51. The van der Waals surface area contributed by atoms with E-state index < -0.39 is 17.7 Å². The highest BCUT2D eigenvalue weighted by molar-refractivity contribution is 6.51. The summed E-state index contributed by atoms with van der Waals surface area (Å²) in [7, 11) is 1.61. The summed E-state index contributed by atoms with van der Waals surface area (Å²) in [6.45, 7) is 10.3. The molecular formula is C31H33NO5. The fourth-order valence-electron chi connectivity index (χ4n) is 4.76. The lowest BCUT2D eigenvalue weighted by molar-refractivity contribution is -0.132. The van der Waals surface area contributed by atoms with Crippen LogP contribution in [0.5, 0.6) is 11.5 Å². The van der Waals surface area contributed by atoms with Crippen molar-refractivity contribution >= 4 is 23.1 Å². The maximum Gasteiger partial charge on any atom is 0.300 e. The van der Waals surface area contributed by atoms with Crippen molar-refractivity contribution in [3.05, 3.63) is 94.1 Å². The minimum atomic E-state index is -0.803. The number of rotatable bonds is 7. The SMILES string of the molecule is CCOc1ccc(C2/C(=C(\O)c3cc(C(C)C)c(OC)cc3C)C(=O)C(=O)N2c2ccc(C)cc2)cc1. The molecule has 192 valence electrons. The Kier molecular flexibility index (Phi) is 7.39. The minimum Gasteiger partial charge on any atom is -0.507 e. The number of ether oxygens (including phenoxy) is 2. The highest BCUT2D eigenvalue weighted by Crippen LogP contribution is 2.43. The molecule has 1 heterocycles. The number of aliphatic hydroxyl groups excluding tert-OH is 1. The Hall–Kier alpha value is -4.06. The average molecular weight is 500 g/mol. The average Bonchev–Trinajstić information content (AvgIpc) is 3.14. The van der Waals surface area contributed by atoms with Crippen molar-refractivity contribution in [2.45, 2.75) is 46.6 Å². The summed E-state index contributed by atoms with van der Waals surface area (Å²) in [5, 5.41) is 11.7. The number of carbonyl (C=O) groups excluding carboxylic acids is 2. The molecule has 1 unspecified atom stereocenters. The normalized spacial score (nSPS) is 16.9. The molecule has 0 saturated carbocycles. The highest BCUT2D eigenvalue weighted by Gasteiger charge is 2.47. The first-order chi connectivity index (χ1) is 17.7. The van der Waals surface area contributed by atoms with Gasteiger partial charge in [-0.05, 0) is 79.8 Å². The van der Waals surface area contributed by atoms with E-state index in [4.69, 9.17) is 9.47 Å². The molecule has 0 aromatic heterocycles. The van der Waals surface area contributed by atoms with E-state index in [9.17, 15) is 14.7 Å². The van der Waals surface area contributed by atoms with E-state index in [1.54, 1.807) is 7.11 Å². The molecule has 1 fully saturated rings. The Balaban J connectivity index is 1.95. The van der Waals surface area contributed by atoms with Gasteiger partial charge >= 0.3 is 0 Å². The molecule has 1 aliphatic heterocycles. The Bertz CT molecular complexity index is 1350. The van der Waals surface area contributed by atoms with Crippen molar-refractivity contribution in [1.29, 1.82) is 0 Å². The Labute approximate surface area is 218 Å². The maximum atomic E-state index is 13.5. The van der Waals surface area contributed by atoms with Crippen LogP contribution in [0.4, 0.5) is 5.69 Å². The van der Waals surface area contributed by atoms with Gasteiger partial charge in [0.2, 0.25) is 0 Å². The molecule has 37 heavy (non-hydrogen) atoms. The summed E-state index contributed by atoms with van der Waals surface area (Å²) in [6, 6.07) is 17.6. The molecule has 0 spiro atoms. The van der Waals surface area contributed by atoms with Gasteiger partial charge in [-0.1, -0.05) is 43.7 Å². The van der Waals surface area contributed by atoms with Crippen LogP contribution in [-0.2, 0) is 9.59 Å². The van der Waals surface area contributed by atoms with E-state index in [0.717, 1.165) is 16.7 Å². The zero-order chi connectivity index (χ0) is 26.9. The van der Waals surface area contributed by atoms with Crippen LogP contribution < -0.4 is 14.4 Å². The minimum absolute atomic E-state index is 0.0534. The predicted octanol–water partition coefficient (Wildman–Crippen LogP) is 6.46. The van der Waals surface area contributed by atoms with E-state index in [-0.39, 0.29) is 17.3 Å². The van der Waals surface area contributed by atoms with E-state index >= 15 is 0 Å². The van der Waals surface area contributed by atoms with Gasteiger partial charge in [-0.15, -0.1) is 0 Å². The lowest BCUT2D eigenvalue weighted by Crippen LogP contribution is -2.29. The van der Waals surface area contributed by atoms with Gasteiger partial charge in [0.05, 0.1) is 25.3 Å². The number of aryl methyl sites for hydroxylation is 2. The van der Waals surface area contributed by atoms with Crippen LogP contribution in [-0.4, -0.2) is 30.5 Å². The first kappa shape index (κ1) is 26.0. The molecule has 3 aromatic rings. The standard InChI is InChI=1S/C31H33NO5/c1-7-37-23-14-10-21(11-15-23)28-27(30(34)31(35)32(28)22-12-8-19(4)9-13-22)29(33)25-17-24(18(2)3)26(36-6)16-20(25)5/h8-18,28,33H,7H2,1-6H3/b29-27+. The molecule has 0 bridgehead atoms.